The van der Waals surface area contributed by atoms with E-state index in [1.54, 1.807) is 37.3 Å². The molecule has 0 aliphatic rings. The number of carbonyl (C=O) groups is 2. The Morgan fingerprint density at radius 2 is 1.57 bits per heavy atom. The summed E-state index contributed by atoms with van der Waals surface area (Å²) in [6, 6.07) is 20.3. The molecule has 0 aliphatic carbocycles. The summed E-state index contributed by atoms with van der Waals surface area (Å²) in [6.07, 6.45) is 0.888. The summed E-state index contributed by atoms with van der Waals surface area (Å²) in [4.78, 5) is 28.8. The second kappa shape index (κ2) is 13.8. The Balaban J connectivity index is 2.05. The third kappa shape index (κ3) is 7.64. The highest BCUT2D eigenvalue weighted by atomic mass is 35.5. The number of aryl methyl sites for hydroxylation is 1. The Labute approximate surface area is 243 Å². The minimum Gasteiger partial charge on any atom is -0.352 e. The summed E-state index contributed by atoms with van der Waals surface area (Å²) in [7, 11) is -4.15. The van der Waals surface area contributed by atoms with Gasteiger partial charge in [0.25, 0.3) is 10.0 Å². The van der Waals surface area contributed by atoms with Crippen LogP contribution in [0.3, 0.4) is 0 Å². The van der Waals surface area contributed by atoms with E-state index < -0.39 is 28.5 Å². The van der Waals surface area contributed by atoms with Gasteiger partial charge in [-0.15, -0.1) is 0 Å². The zero-order valence-electron chi connectivity index (χ0n) is 23.7. The highest BCUT2D eigenvalue weighted by molar-refractivity contribution is 7.92. The molecule has 1 atom stereocenters. The van der Waals surface area contributed by atoms with E-state index >= 15 is 0 Å². The minimum atomic E-state index is -4.15. The van der Waals surface area contributed by atoms with E-state index in [4.69, 9.17) is 11.6 Å². The van der Waals surface area contributed by atoms with E-state index in [0.717, 1.165) is 15.4 Å². The number of amides is 2. The third-order valence-corrected chi connectivity index (χ3v) is 8.88. The number of hydrogen-bond donors (Lipinski definition) is 1. The molecule has 0 fully saturated rings. The van der Waals surface area contributed by atoms with Crippen molar-refractivity contribution in [2.75, 3.05) is 17.4 Å². The van der Waals surface area contributed by atoms with Gasteiger partial charge in [-0.3, -0.25) is 13.9 Å². The second-order valence-electron chi connectivity index (χ2n) is 10.1. The maximum atomic E-state index is 14.1. The molecule has 0 heterocycles. The zero-order valence-corrected chi connectivity index (χ0v) is 25.3. The van der Waals surface area contributed by atoms with Crippen LogP contribution >= 0.6 is 11.6 Å². The number of hydrogen-bond acceptors (Lipinski definition) is 4. The van der Waals surface area contributed by atoms with Crippen LogP contribution in [0.2, 0.25) is 5.02 Å². The van der Waals surface area contributed by atoms with Gasteiger partial charge in [-0.2, -0.15) is 0 Å². The highest BCUT2D eigenvalue weighted by Gasteiger charge is 2.34. The summed E-state index contributed by atoms with van der Waals surface area (Å²) in [5, 5.41) is 3.29. The number of anilines is 1. The molecule has 0 unspecified atom stereocenters. The molecule has 0 bridgehead atoms. The normalized spacial score (nSPS) is 12.2. The van der Waals surface area contributed by atoms with E-state index in [0.29, 0.717) is 29.1 Å². The van der Waals surface area contributed by atoms with Gasteiger partial charge in [-0.05, 0) is 75.9 Å². The van der Waals surface area contributed by atoms with Crippen LogP contribution in [0, 0.1) is 13.8 Å². The Morgan fingerprint density at radius 3 is 2.17 bits per heavy atom. The molecule has 7 nitrogen and oxygen atoms in total. The zero-order chi connectivity index (χ0) is 29.4. The van der Waals surface area contributed by atoms with Gasteiger partial charge in [0.2, 0.25) is 11.8 Å². The predicted octanol–water partition coefficient (Wildman–Crippen LogP) is 5.53. The van der Waals surface area contributed by atoms with E-state index in [1.807, 2.05) is 58.0 Å². The number of sulfonamides is 1. The Bertz CT molecular complexity index is 1410. The molecule has 3 aromatic rings. The number of halogens is 1. The number of nitrogens with zero attached hydrogens (tertiary/aromatic N) is 2. The summed E-state index contributed by atoms with van der Waals surface area (Å²) < 4.78 is 29.1. The number of carbonyl (C=O) groups excluding carboxylic acids is 2. The van der Waals surface area contributed by atoms with Crippen LogP contribution in [0.1, 0.15) is 43.9 Å². The fourth-order valence-corrected chi connectivity index (χ4v) is 6.13. The molecule has 0 aromatic heterocycles. The average molecular weight is 584 g/mol. The van der Waals surface area contributed by atoms with Crippen LogP contribution in [0.4, 0.5) is 5.69 Å². The van der Waals surface area contributed by atoms with Crippen molar-refractivity contribution < 1.29 is 18.0 Å². The molecule has 2 amide bonds. The molecule has 0 saturated carbocycles. The van der Waals surface area contributed by atoms with E-state index in [1.165, 1.54) is 17.0 Å². The molecule has 214 valence electrons. The van der Waals surface area contributed by atoms with Crippen molar-refractivity contribution in [3.8, 4) is 0 Å². The molecular formula is C31H38ClN3O4S. The van der Waals surface area contributed by atoms with Crippen LogP contribution in [-0.2, 0) is 26.0 Å². The average Bonchev–Trinajstić information content (AvgIpc) is 2.91. The maximum absolute atomic E-state index is 14.1. The molecule has 3 aromatic carbocycles. The summed E-state index contributed by atoms with van der Waals surface area (Å²) in [6.45, 7) is 8.91. The van der Waals surface area contributed by atoms with Gasteiger partial charge in [-0.25, -0.2) is 8.42 Å². The van der Waals surface area contributed by atoms with Gasteiger partial charge in [0.1, 0.15) is 12.6 Å². The Hall–Kier alpha value is -3.36. The fraction of sp³-hybridized carbons (Fsp3) is 0.355. The fourth-order valence-electron chi connectivity index (χ4n) is 4.49. The summed E-state index contributed by atoms with van der Waals surface area (Å²) >= 11 is 6.38. The number of rotatable bonds is 12. The molecule has 0 saturated heterocycles. The Kier molecular flexibility index (Phi) is 10.8. The first-order valence-electron chi connectivity index (χ1n) is 13.4. The van der Waals surface area contributed by atoms with Crippen LogP contribution in [0.5, 0.6) is 0 Å². The maximum Gasteiger partial charge on any atom is 0.264 e. The van der Waals surface area contributed by atoms with E-state index in [-0.39, 0.29) is 23.4 Å². The highest BCUT2D eigenvalue weighted by Crippen LogP contribution is 2.31. The summed E-state index contributed by atoms with van der Waals surface area (Å²) in [5.74, 6) is -0.748. The van der Waals surface area contributed by atoms with Gasteiger partial charge in [-0.1, -0.05) is 72.6 Å². The van der Waals surface area contributed by atoms with Crippen LogP contribution in [-0.4, -0.2) is 50.3 Å². The van der Waals surface area contributed by atoms with Crippen molar-refractivity contribution >= 4 is 39.1 Å². The molecule has 0 spiro atoms. The molecule has 1 N–H and O–H groups in total. The van der Waals surface area contributed by atoms with E-state index in [2.05, 4.69) is 5.32 Å². The summed E-state index contributed by atoms with van der Waals surface area (Å²) in [5.41, 5.74) is 2.76. The first-order chi connectivity index (χ1) is 18.9. The lowest BCUT2D eigenvalue weighted by Gasteiger charge is -2.34. The molecule has 0 radical (unpaired) electrons. The van der Waals surface area contributed by atoms with Crippen LogP contribution in [0.15, 0.2) is 77.7 Å². The minimum absolute atomic E-state index is 0.0608. The number of benzene rings is 3. The topological polar surface area (TPSA) is 86.8 Å². The van der Waals surface area contributed by atoms with Crippen molar-refractivity contribution in [3.63, 3.8) is 0 Å². The second-order valence-corrected chi connectivity index (χ2v) is 12.4. The lowest BCUT2D eigenvalue weighted by molar-refractivity contribution is -0.139. The standard InChI is InChI=1S/C31H38ClN3O4S/c1-6-28(31(37)33-22(2)3)34(20-19-25-11-8-7-9-12-25)30(36)21-35(29-14-10-13-27(32)24(29)5)40(38,39)26-17-15-23(4)16-18-26/h7-18,22,28H,6,19-21H2,1-5H3,(H,33,37)/t28-/m1/s1. The Morgan fingerprint density at radius 1 is 0.925 bits per heavy atom. The molecular weight excluding hydrogens is 546 g/mol. The van der Waals surface area contributed by atoms with Crippen molar-refractivity contribution in [3.05, 3.63) is 94.5 Å². The third-order valence-electron chi connectivity index (χ3n) is 6.70. The lowest BCUT2D eigenvalue weighted by Crippen LogP contribution is -2.54. The molecule has 40 heavy (non-hydrogen) atoms. The van der Waals surface area contributed by atoms with Gasteiger partial charge in [0.15, 0.2) is 0 Å². The van der Waals surface area contributed by atoms with Crippen LogP contribution < -0.4 is 9.62 Å². The SMILES string of the molecule is CC[C@H](C(=O)NC(C)C)N(CCc1ccccc1)C(=O)CN(c1cccc(Cl)c1C)S(=O)(=O)c1ccc(C)cc1. The smallest absolute Gasteiger partial charge is 0.264 e. The lowest BCUT2D eigenvalue weighted by atomic mass is 10.1. The number of nitrogens with one attached hydrogen (secondary N) is 1. The molecule has 9 heteroatoms. The first-order valence-corrected chi connectivity index (χ1v) is 15.3. The monoisotopic (exact) mass is 583 g/mol. The van der Waals surface area contributed by atoms with Gasteiger partial charge in [0, 0.05) is 17.6 Å². The van der Waals surface area contributed by atoms with Crippen molar-refractivity contribution in [1.29, 1.82) is 0 Å². The first kappa shape index (κ1) is 31.2. The quantitative estimate of drug-likeness (QED) is 0.304. The van der Waals surface area contributed by atoms with Gasteiger partial charge in [0.05, 0.1) is 10.6 Å². The largest absolute Gasteiger partial charge is 0.352 e. The van der Waals surface area contributed by atoms with Crippen molar-refractivity contribution in [2.45, 2.75) is 64.4 Å². The molecule has 3 rings (SSSR count). The van der Waals surface area contributed by atoms with E-state index in [9.17, 15) is 18.0 Å². The molecule has 0 aliphatic heterocycles. The van der Waals surface area contributed by atoms with Crippen molar-refractivity contribution in [2.24, 2.45) is 0 Å². The van der Waals surface area contributed by atoms with Gasteiger partial charge >= 0.3 is 0 Å². The van der Waals surface area contributed by atoms with Crippen LogP contribution in [0.25, 0.3) is 0 Å². The van der Waals surface area contributed by atoms with Crippen molar-refractivity contribution in [1.82, 2.24) is 10.2 Å². The predicted molar refractivity (Wildman–Crippen MR) is 161 cm³/mol. The van der Waals surface area contributed by atoms with Gasteiger partial charge < -0.3 is 10.2 Å².